The highest BCUT2D eigenvalue weighted by molar-refractivity contribution is 6.99. The topological polar surface area (TPSA) is 92.2 Å². The minimum atomic E-state index is -0.791. The number of rotatable bonds is 7. The Morgan fingerprint density at radius 3 is 2.72 bits per heavy atom. The molecule has 7 heteroatoms. The molecule has 0 unspecified atom stereocenters. The number of hydrogen-bond donors (Lipinski definition) is 2. The van der Waals surface area contributed by atoms with Crippen LogP contribution in [0.15, 0.2) is 6.20 Å². The van der Waals surface area contributed by atoms with Crippen LogP contribution in [0.3, 0.4) is 0 Å². The molecular weight excluding hydrogens is 254 g/mol. The van der Waals surface area contributed by atoms with E-state index in [1.54, 1.807) is 0 Å². The van der Waals surface area contributed by atoms with Gasteiger partial charge in [0.2, 0.25) is 0 Å². The molecular formula is C11H17N3O3S. The van der Waals surface area contributed by atoms with Gasteiger partial charge in [0.15, 0.2) is 5.69 Å². The van der Waals surface area contributed by atoms with E-state index >= 15 is 0 Å². The minimum Gasteiger partial charge on any atom is -0.481 e. The van der Waals surface area contributed by atoms with E-state index in [1.165, 1.54) is 6.20 Å². The Labute approximate surface area is 110 Å². The van der Waals surface area contributed by atoms with Gasteiger partial charge in [0.1, 0.15) is 0 Å². The van der Waals surface area contributed by atoms with Gasteiger partial charge in [0.05, 0.1) is 17.9 Å². The summed E-state index contributed by atoms with van der Waals surface area (Å²) >= 11 is 0.992. The van der Waals surface area contributed by atoms with Gasteiger partial charge >= 0.3 is 5.97 Å². The first-order valence-electron chi connectivity index (χ1n) is 5.68. The number of nitrogens with one attached hydrogen (secondary N) is 1. The van der Waals surface area contributed by atoms with Gasteiger partial charge in [0.25, 0.3) is 5.91 Å². The fourth-order valence-corrected chi connectivity index (χ4v) is 1.85. The van der Waals surface area contributed by atoms with Crippen LogP contribution in [0.1, 0.15) is 43.6 Å². The van der Waals surface area contributed by atoms with Gasteiger partial charge in [-0.15, -0.1) is 0 Å². The summed E-state index contributed by atoms with van der Waals surface area (Å²) in [7, 11) is 0. The number of aromatic nitrogens is 2. The Morgan fingerprint density at radius 1 is 1.44 bits per heavy atom. The summed E-state index contributed by atoms with van der Waals surface area (Å²) in [6.45, 7) is 4.49. The molecule has 0 bridgehead atoms. The lowest BCUT2D eigenvalue weighted by atomic mass is 9.84. The molecule has 0 radical (unpaired) electrons. The van der Waals surface area contributed by atoms with Gasteiger partial charge in [-0.25, -0.2) is 0 Å². The highest BCUT2D eigenvalue weighted by atomic mass is 32.1. The molecule has 2 N–H and O–H groups in total. The predicted molar refractivity (Wildman–Crippen MR) is 67.5 cm³/mol. The zero-order chi connectivity index (χ0) is 13.6. The molecule has 0 aliphatic carbocycles. The lowest BCUT2D eigenvalue weighted by Crippen LogP contribution is -2.28. The van der Waals surface area contributed by atoms with Gasteiger partial charge in [0, 0.05) is 13.0 Å². The van der Waals surface area contributed by atoms with Crippen molar-refractivity contribution in [3.05, 3.63) is 11.9 Å². The smallest absolute Gasteiger partial charge is 0.303 e. The van der Waals surface area contributed by atoms with Crippen molar-refractivity contribution < 1.29 is 14.7 Å². The average Bonchev–Trinajstić information content (AvgIpc) is 2.79. The Hall–Kier alpha value is -1.50. The van der Waals surface area contributed by atoms with E-state index in [2.05, 4.69) is 14.1 Å². The number of carbonyl (C=O) groups is 2. The first-order chi connectivity index (χ1) is 8.41. The lowest BCUT2D eigenvalue weighted by molar-refractivity contribution is -0.137. The Kier molecular flexibility index (Phi) is 5.21. The first-order valence-corrected chi connectivity index (χ1v) is 6.41. The van der Waals surface area contributed by atoms with Crippen LogP contribution in [0.5, 0.6) is 0 Å². The number of nitrogens with zero attached hydrogens (tertiary/aromatic N) is 2. The summed E-state index contributed by atoms with van der Waals surface area (Å²) in [5.41, 5.74) is 0.217. The largest absolute Gasteiger partial charge is 0.481 e. The molecule has 0 fully saturated rings. The van der Waals surface area contributed by atoms with Crippen molar-refractivity contribution in [2.75, 3.05) is 6.54 Å². The standard InChI is InChI=1S/C11H17N3O3S/c1-11(2,4-3-9(15)16)5-6-12-10(17)8-7-13-18-14-8/h7H,3-6H2,1-2H3,(H,12,17)(H,15,16). The van der Waals surface area contributed by atoms with Crippen LogP contribution in [0.25, 0.3) is 0 Å². The van der Waals surface area contributed by atoms with E-state index in [0.29, 0.717) is 18.7 Å². The Balaban J connectivity index is 2.28. The molecule has 0 atom stereocenters. The van der Waals surface area contributed by atoms with Crippen molar-refractivity contribution in [1.29, 1.82) is 0 Å². The molecule has 1 amide bonds. The van der Waals surface area contributed by atoms with Gasteiger partial charge in [-0.3, -0.25) is 9.59 Å². The number of aliphatic carboxylic acids is 1. The zero-order valence-corrected chi connectivity index (χ0v) is 11.3. The molecule has 0 aliphatic heterocycles. The second-order valence-electron chi connectivity index (χ2n) is 4.86. The molecule has 1 heterocycles. The molecule has 1 aromatic rings. The quantitative estimate of drug-likeness (QED) is 0.785. The van der Waals surface area contributed by atoms with Gasteiger partial charge < -0.3 is 10.4 Å². The van der Waals surface area contributed by atoms with Gasteiger partial charge in [-0.05, 0) is 18.3 Å². The van der Waals surface area contributed by atoms with Crippen LogP contribution >= 0.6 is 11.7 Å². The molecule has 0 saturated heterocycles. The maximum Gasteiger partial charge on any atom is 0.303 e. The molecule has 1 aromatic heterocycles. The third kappa shape index (κ3) is 5.22. The van der Waals surface area contributed by atoms with Crippen molar-refractivity contribution in [3.8, 4) is 0 Å². The van der Waals surface area contributed by atoms with Crippen molar-refractivity contribution in [3.63, 3.8) is 0 Å². The van der Waals surface area contributed by atoms with Crippen molar-refractivity contribution >= 4 is 23.6 Å². The fraction of sp³-hybridized carbons (Fsp3) is 0.636. The SMILES string of the molecule is CC(C)(CCNC(=O)c1cnsn1)CCC(=O)O. The number of carboxylic acid groups (broad SMARTS) is 1. The normalized spacial score (nSPS) is 11.2. The number of carboxylic acids is 1. The third-order valence-electron chi connectivity index (χ3n) is 2.70. The maximum atomic E-state index is 11.6. The third-order valence-corrected chi connectivity index (χ3v) is 3.17. The van der Waals surface area contributed by atoms with Crippen LogP contribution in [0.2, 0.25) is 0 Å². The molecule has 18 heavy (non-hydrogen) atoms. The van der Waals surface area contributed by atoms with Gasteiger partial charge in [-0.1, -0.05) is 13.8 Å². The molecule has 1 rings (SSSR count). The van der Waals surface area contributed by atoms with E-state index in [4.69, 9.17) is 5.11 Å². The summed E-state index contributed by atoms with van der Waals surface area (Å²) in [5, 5.41) is 11.4. The second kappa shape index (κ2) is 6.44. The lowest BCUT2D eigenvalue weighted by Gasteiger charge is -2.23. The summed E-state index contributed by atoms with van der Waals surface area (Å²) < 4.78 is 7.58. The van der Waals surface area contributed by atoms with Crippen molar-refractivity contribution in [1.82, 2.24) is 14.1 Å². The average molecular weight is 271 g/mol. The molecule has 0 spiro atoms. The summed E-state index contributed by atoms with van der Waals surface area (Å²) in [6.07, 6.45) is 2.90. The number of amides is 1. The van der Waals surface area contributed by atoms with Crippen LogP contribution < -0.4 is 5.32 Å². The van der Waals surface area contributed by atoms with E-state index in [1.807, 2.05) is 13.8 Å². The van der Waals surface area contributed by atoms with E-state index in [-0.39, 0.29) is 17.7 Å². The summed E-state index contributed by atoms with van der Waals surface area (Å²) in [5.74, 6) is -1.03. The molecule has 6 nitrogen and oxygen atoms in total. The monoisotopic (exact) mass is 271 g/mol. The Bertz CT molecular complexity index is 404. The number of carbonyl (C=O) groups excluding carboxylic acids is 1. The van der Waals surface area contributed by atoms with Crippen molar-refractivity contribution in [2.24, 2.45) is 5.41 Å². The van der Waals surface area contributed by atoms with Crippen molar-refractivity contribution in [2.45, 2.75) is 33.1 Å². The van der Waals surface area contributed by atoms with E-state index in [9.17, 15) is 9.59 Å². The minimum absolute atomic E-state index is 0.105. The predicted octanol–water partition coefficient (Wildman–Crippen LogP) is 1.55. The number of hydrogen-bond acceptors (Lipinski definition) is 5. The Morgan fingerprint density at radius 2 is 2.17 bits per heavy atom. The summed E-state index contributed by atoms with van der Waals surface area (Å²) in [6, 6.07) is 0. The molecule has 0 saturated carbocycles. The van der Waals surface area contributed by atoms with Crippen LogP contribution in [-0.2, 0) is 4.79 Å². The highest BCUT2D eigenvalue weighted by Crippen LogP contribution is 2.25. The second-order valence-corrected chi connectivity index (χ2v) is 5.41. The maximum absolute atomic E-state index is 11.6. The van der Waals surface area contributed by atoms with Crippen LogP contribution in [-0.4, -0.2) is 32.3 Å². The highest BCUT2D eigenvalue weighted by Gasteiger charge is 2.19. The fourth-order valence-electron chi connectivity index (χ4n) is 1.44. The van der Waals surface area contributed by atoms with Crippen LogP contribution in [0, 0.1) is 5.41 Å². The molecule has 100 valence electrons. The first kappa shape index (κ1) is 14.6. The molecule has 0 aliphatic rings. The van der Waals surface area contributed by atoms with E-state index in [0.717, 1.165) is 18.1 Å². The van der Waals surface area contributed by atoms with E-state index < -0.39 is 5.97 Å². The zero-order valence-electron chi connectivity index (χ0n) is 10.5. The summed E-state index contributed by atoms with van der Waals surface area (Å²) in [4.78, 5) is 22.1. The van der Waals surface area contributed by atoms with Crippen LogP contribution in [0.4, 0.5) is 0 Å². The molecule has 0 aromatic carbocycles. The van der Waals surface area contributed by atoms with Gasteiger partial charge in [-0.2, -0.15) is 8.75 Å².